The van der Waals surface area contributed by atoms with Crippen molar-refractivity contribution in [1.82, 2.24) is 10.2 Å². The zero-order valence-electron chi connectivity index (χ0n) is 18.8. The number of benzene rings is 2. The van der Waals surface area contributed by atoms with E-state index in [4.69, 9.17) is 9.47 Å². The summed E-state index contributed by atoms with van der Waals surface area (Å²) in [6, 6.07) is 10.6. The average molecular weight is 491 g/mol. The van der Waals surface area contributed by atoms with Gasteiger partial charge in [-0.15, -0.1) is 0 Å². The number of halogens is 1. The van der Waals surface area contributed by atoms with E-state index < -0.39 is 6.04 Å². The molecule has 1 N–H and O–H groups in total. The predicted molar refractivity (Wildman–Crippen MR) is 125 cm³/mol. The Morgan fingerprint density at radius 2 is 1.71 bits per heavy atom. The number of methoxy groups -OCH3 is 1. The molecule has 2 aromatic carbocycles. The number of ether oxygens (including phenoxy) is 2. The molecule has 2 aromatic rings. The molecule has 1 atom stereocenters. The van der Waals surface area contributed by atoms with Gasteiger partial charge in [0, 0.05) is 17.6 Å². The van der Waals surface area contributed by atoms with Crippen LogP contribution in [0.15, 0.2) is 40.9 Å². The molecule has 0 fully saturated rings. The van der Waals surface area contributed by atoms with E-state index in [1.807, 2.05) is 57.2 Å². The third kappa shape index (κ3) is 6.99. The molecule has 0 saturated heterocycles. The van der Waals surface area contributed by atoms with Crippen LogP contribution in [0.25, 0.3) is 0 Å². The van der Waals surface area contributed by atoms with Gasteiger partial charge in [0.25, 0.3) is 5.91 Å². The summed E-state index contributed by atoms with van der Waals surface area (Å²) < 4.78 is 12.0. The van der Waals surface area contributed by atoms with E-state index >= 15 is 0 Å². The summed E-state index contributed by atoms with van der Waals surface area (Å²) in [6.07, 6.45) is 0.830. The second-order valence-electron chi connectivity index (χ2n) is 7.50. The molecular weight excluding hydrogens is 460 g/mol. The van der Waals surface area contributed by atoms with Gasteiger partial charge in [-0.1, -0.05) is 35.0 Å². The number of aryl methyl sites for hydroxylation is 2. The van der Waals surface area contributed by atoms with E-state index in [0.717, 1.165) is 33.3 Å². The molecule has 6 nitrogen and oxygen atoms in total. The van der Waals surface area contributed by atoms with Crippen LogP contribution in [0, 0.1) is 13.8 Å². The average Bonchev–Trinajstić information content (AvgIpc) is 2.77. The van der Waals surface area contributed by atoms with Gasteiger partial charge >= 0.3 is 0 Å². The molecule has 0 aromatic heterocycles. The molecular formula is C24H31BrN2O4. The number of carbonyl (C=O) groups is 2. The molecule has 2 rings (SSSR count). The number of nitrogens with zero attached hydrogens (tertiary/aromatic N) is 1. The molecule has 7 heteroatoms. The highest BCUT2D eigenvalue weighted by Gasteiger charge is 2.26. The van der Waals surface area contributed by atoms with Crippen molar-refractivity contribution >= 4 is 27.7 Å². The van der Waals surface area contributed by atoms with Crippen LogP contribution in [0.3, 0.4) is 0 Å². The van der Waals surface area contributed by atoms with E-state index in [-0.39, 0.29) is 18.4 Å². The Kier molecular flexibility index (Phi) is 9.37. The number of amides is 2. The highest BCUT2D eigenvalue weighted by molar-refractivity contribution is 9.10. The van der Waals surface area contributed by atoms with Gasteiger partial charge < -0.3 is 19.7 Å². The summed E-state index contributed by atoms with van der Waals surface area (Å²) in [5.41, 5.74) is 2.97. The quantitative estimate of drug-likeness (QED) is 0.535. The fourth-order valence-electron chi connectivity index (χ4n) is 3.12. The maximum Gasteiger partial charge on any atom is 0.261 e. The molecule has 0 bridgehead atoms. The van der Waals surface area contributed by atoms with Crippen molar-refractivity contribution in [2.45, 2.75) is 46.7 Å². The van der Waals surface area contributed by atoms with Crippen molar-refractivity contribution in [3.8, 4) is 11.5 Å². The molecule has 0 spiro atoms. The molecule has 0 unspecified atom stereocenters. The molecule has 0 radical (unpaired) electrons. The van der Waals surface area contributed by atoms with Crippen molar-refractivity contribution < 1.29 is 19.1 Å². The second-order valence-corrected chi connectivity index (χ2v) is 8.29. The zero-order valence-corrected chi connectivity index (χ0v) is 20.4. The third-order valence-corrected chi connectivity index (χ3v) is 6.25. The normalized spacial score (nSPS) is 11.5. The van der Waals surface area contributed by atoms with Crippen LogP contribution in [0.5, 0.6) is 11.5 Å². The maximum atomic E-state index is 13.1. The van der Waals surface area contributed by atoms with E-state index in [9.17, 15) is 9.59 Å². The van der Waals surface area contributed by atoms with Gasteiger partial charge in [-0.25, -0.2) is 0 Å². The SMILES string of the molecule is CCCNC(=O)[C@@H](C)N(Cc1ccc(OC)cc1)C(=O)COc1cc(C)c(Br)c(C)c1. The third-order valence-electron chi connectivity index (χ3n) is 5.00. The lowest BCUT2D eigenvalue weighted by Gasteiger charge is -2.29. The molecule has 0 heterocycles. The highest BCUT2D eigenvalue weighted by atomic mass is 79.9. The first kappa shape index (κ1) is 24.7. The standard InChI is InChI=1S/C24H31BrN2O4/c1-6-11-26-24(29)18(4)27(14-19-7-9-20(30-5)10-8-19)22(28)15-31-21-12-16(2)23(25)17(3)13-21/h7-10,12-13,18H,6,11,14-15H2,1-5H3,(H,26,29)/t18-/m1/s1. The first-order valence-electron chi connectivity index (χ1n) is 10.4. The summed E-state index contributed by atoms with van der Waals surface area (Å²) in [6.45, 7) is 8.39. The van der Waals surface area contributed by atoms with Gasteiger partial charge in [-0.3, -0.25) is 9.59 Å². The topological polar surface area (TPSA) is 67.9 Å². The van der Waals surface area contributed by atoms with Gasteiger partial charge in [0.2, 0.25) is 5.91 Å². The van der Waals surface area contributed by atoms with Crippen LogP contribution in [-0.4, -0.2) is 43.0 Å². The fraction of sp³-hybridized carbons (Fsp3) is 0.417. The molecule has 0 aliphatic carbocycles. The van der Waals surface area contributed by atoms with Crippen molar-refractivity contribution in [3.63, 3.8) is 0 Å². The summed E-state index contributed by atoms with van der Waals surface area (Å²) in [5, 5.41) is 2.87. The monoisotopic (exact) mass is 490 g/mol. The number of carbonyl (C=O) groups excluding carboxylic acids is 2. The van der Waals surface area contributed by atoms with Gasteiger partial charge in [0.05, 0.1) is 7.11 Å². The summed E-state index contributed by atoms with van der Waals surface area (Å²) >= 11 is 3.54. The first-order valence-corrected chi connectivity index (χ1v) is 11.2. The summed E-state index contributed by atoms with van der Waals surface area (Å²) in [4.78, 5) is 27.2. The smallest absolute Gasteiger partial charge is 0.261 e. The Bertz CT molecular complexity index is 876. The van der Waals surface area contributed by atoms with Crippen LogP contribution in [-0.2, 0) is 16.1 Å². The molecule has 31 heavy (non-hydrogen) atoms. The van der Waals surface area contributed by atoms with E-state index in [0.29, 0.717) is 18.8 Å². The molecule has 168 valence electrons. The van der Waals surface area contributed by atoms with Crippen LogP contribution in [0.2, 0.25) is 0 Å². The van der Waals surface area contributed by atoms with Crippen LogP contribution in [0.4, 0.5) is 0 Å². The van der Waals surface area contributed by atoms with Gasteiger partial charge in [0.15, 0.2) is 6.61 Å². The van der Waals surface area contributed by atoms with Crippen LogP contribution >= 0.6 is 15.9 Å². The summed E-state index contributed by atoms with van der Waals surface area (Å²) in [5.74, 6) is 0.922. The number of nitrogens with one attached hydrogen (secondary N) is 1. The largest absolute Gasteiger partial charge is 0.497 e. The lowest BCUT2D eigenvalue weighted by molar-refractivity contribution is -0.142. The number of rotatable bonds is 10. The zero-order chi connectivity index (χ0) is 23.0. The van der Waals surface area contributed by atoms with Crippen LogP contribution < -0.4 is 14.8 Å². The van der Waals surface area contributed by atoms with E-state index in [1.165, 1.54) is 0 Å². The predicted octanol–water partition coefficient (Wildman–Crippen LogP) is 4.40. The van der Waals surface area contributed by atoms with Crippen molar-refractivity contribution in [2.75, 3.05) is 20.3 Å². The Balaban J connectivity index is 2.16. The first-order chi connectivity index (χ1) is 14.8. The summed E-state index contributed by atoms with van der Waals surface area (Å²) in [7, 11) is 1.61. The van der Waals surface area contributed by atoms with Gasteiger partial charge in [-0.05, 0) is 68.1 Å². The minimum atomic E-state index is -0.627. The lowest BCUT2D eigenvalue weighted by atomic mass is 10.1. The van der Waals surface area contributed by atoms with E-state index in [2.05, 4.69) is 21.2 Å². The minimum absolute atomic E-state index is 0.151. The molecule has 2 amide bonds. The molecule has 0 saturated carbocycles. The Labute approximate surface area is 193 Å². The van der Waals surface area contributed by atoms with Crippen molar-refractivity contribution in [3.05, 3.63) is 57.6 Å². The maximum absolute atomic E-state index is 13.1. The Hall–Kier alpha value is -2.54. The van der Waals surface area contributed by atoms with Crippen molar-refractivity contribution in [2.24, 2.45) is 0 Å². The number of hydrogen-bond acceptors (Lipinski definition) is 4. The van der Waals surface area contributed by atoms with Crippen LogP contribution in [0.1, 0.15) is 37.0 Å². The molecule has 0 aliphatic heterocycles. The fourth-order valence-corrected chi connectivity index (χ4v) is 3.35. The minimum Gasteiger partial charge on any atom is -0.497 e. The van der Waals surface area contributed by atoms with Gasteiger partial charge in [-0.2, -0.15) is 0 Å². The Morgan fingerprint density at radius 3 is 2.26 bits per heavy atom. The Morgan fingerprint density at radius 1 is 1.10 bits per heavy atom. The number of hydrogen-bond donors (Lipinski definition) is 1. The highest BCUT2D eigenvalue weighted by Crippen LogP contribution is 2.26. The second kappa shape index (κ2) is 11.7. The van der Waals surface area contributed by atoms with Gasteiger partial charge in [0.1, 0.15) is 17.5 Å². The van der Waals surface area contributed by atoms with Crippen molar-refractivity contribution in [1.29, 1.82) is 0 Å². The lowest BCUT2D eigenvalue weighted by Crippen LogP contribution is -2.49. The van der Waals surface area contributed by atoms with E-state index in [1.54, 1.807) is 18.9 Å². The molecule has 0 aliphatic rings.